The summed E-state index contributed by atoms with van der Waals surface area (Å²) in [5.74, 6) is -0.675. The number of carbonyl (C=O) groups excluding carboxylic acids is 1. The molecule has 0 aromatic carbocycles. The molecule has 0 bridgehead atoms. The molecule has 7 nitrogen and oxygen atoms in total. The third-order valence-electron chi connectivity index (χ3n) is 2.59. The first-order valence-corrected chi connectivity index (χ1v) is 8.04. The number of rotatable bonds is 8. The lowest BCUT2D eigenvalue weighted by atomic mass is 10.3. The van der Waals surface area contributed by atoms with Gasteiger partial charge in [0.2, 0.25) is 5.91 Å². The Hall–Kier alpha value is -1.87. The van der Waals surface area contributed by atoms with Gasteiger partial charge < -0.3 is 15.4 Å². The first-order chi connectivity index (χ1) is 10.1. The van der Waals surface area contributed by atoms with Crippen molar-refractivity contribution in [3.63, 3.8) is 0 Å². The van der Waals surface area contributed by atoms with Crippen molar-refractivity contribution in [2.24, 2.45) is 5.73 Å². The fourth-order valence-corrected chi connectivity index (χ4v) is 3.12. The molecule has 0 unspecified atom stereocenters. The second kappa shape index (κ2) is 7.23. The summed E-state index contributed by atoms with van der Waals surface area (Å²) in [5, 5.41) is 19.4. The summed E-state index contributed by atoms with van der Waals surface area (Å²) in [7, 11) is 0. The lowest BCUT2D eigenvalue weighted by molar-refractivity contribution is -0.133. The van der Waals surface area contributed by atoms with Gasteiger partial charge in [-0.25, -0.2) is 0 Å². The van der Waals surface area contributed by atoms with Crippen molar-refractivity contribution in [2.45, 2.75) is 24.5 Å². The minimum atomic E-state index is -0.913. The van der Waals surface area contributed by atoms with E-state index in [1.54, 1.807) is 0 Å². The van der Waals surface area contributed by atoms with Crippen LogP contribution in [0.4, 0.5) is 0 Å². The third kappa shape index (κ3) is 4.30. The van der Waals surface area contributed by atoms with Crippen molar-refractivity contribution in [1.82, 2.24) is 14.8 Å². The van der Waals surface area contributed by atoms with Crippen molar-refractivity contribution in [3.05, 3.63) is 17.5 Å². The lowest BCUT2D eigenvalue weighted by Crippen LogP contribution is -2.12. The molecule has 0 aliphatic carbocycles. The number of carbonyl (C=O) groups is 2. The summed E-state index contributed by atoms with van der Waals surface area (Å²) in [6, 6.07) is 3.83. The van der Waals surface area contributed by atoms with Crippen LogP contribution >= 0.6 is 23.1 Å². The van der Waals surface area contributed by atoms with Crippen LogP contribution in [0.25, 0.3) is 10.7 Å². The summed E-state index contributed by atoms with van der Waals surface area (Å²) in [6.07, 6.45) is 0.831. The Morgan fingerprint density at radius 1 is 1.43 bits per heavy atom. The molecule has 2 aromatic heterocycles. The van der Waals surface area contributed by atoms with Crippen LogP contribution in [0, 0.1) is 0 Å². The number of carboxylic acid groups (broad SMARTS) is 1. The summed E-state index contributed by atoms with van der Waals surface area (Å²) in [5.41, 5.74) is 5.14. The summed E-state index contributed by atoms with van der Waals surface area (Å²) >= 11 is 2.64. The van der Waals surface area contributed by atoms with Crippen molar-refractivity contribution < 1.29 is 14.7 Å². The number of primary amides is 1. The lowest BCUT2D eigenvalue weighted by Gasteiger charge is -2.08. The molecule has 0 radical (unpaired) electrons. The molecule has 0 atom stereocenters. The molecule has 0 aliphatic heterocycles. The van der Waals surface area contributed by atoms with Gasteiger partial charge in [-0.1, -0.05) is 17.8 Å². The predicted molar refractivity (Wildman–Crippen MR) is 80.1 cm³/mol. The number of carboxylic acids is 1. The Morgan fingerprint density at radius 2 is 2.24 bits per heavy atom. The number of nitrogens with two attached hydrogens (primary N) is 1. The van der Waals surface area contributed by atoms with Crippen LogP contribution in [0.15, 0.2) is 22.7 Å². The Balaban J connectivity index is 2.20. The van der Waals surface area contributed by atoms with Gasteiger partial charge in [0.25, 0.3) is 0 Å². The van der Waals surface area contributed by atoms with Crippen LogP contribution in [0.5, 0.6) is 0 Å². The highest BCUT2D eigenvalue weighted by molar-refractivity contribution is 7.99. The number of thiophene rings is 1. The first kappa shape index (κ1) is 15.5. The van der Waals surface area contributed by atoms with Crippen LogP contribution in [-0.4, -0.2) is 37.5 Å². The minimum Gasteiger partial charge on any atom is -0.481 e. The Labute approximate surface area is 129 Å². The number of nitrogens with zero attached hydrogens (tertiary/aromatic N) is 3. The van der Waals surface area contributed by atoms with E-state index in [0.29, 0.717) is 23.9 Å². The van der Waals surface area contributed by atoms with Crippen LogP contribution in [0.3, 0.4) is 0 Å². The SMILES string of the molecule is NC(=O)CCCn1c(SCC(=O)O)nnc1-c1cccs1. The normalized spacial score (nSPS) is 10.7. The van der Waals surface area contributed by atoms with E-state index in [9.17, 15) is 9.59 Å². The van der Waals surface area contributed by atoms with Gasteiger partial charge >= 0.3 is 5.97 Å². The summed E-state index contributed by atoms with van der Waals surface area (Å²) < 4.78 is 1.84. The molecule has 2 heterocycles. The van der Waals surface area contributed by atoms with Crippen molar-refractivity contribution in [2.75, 3.05) is 5.75 Å². The quantitative estimate of drug-likeness (QED) is 0.710. The van der Waals surface area contributed by atoms with Gasteiger partial charge in [0.05, 0.1) is 10.6 Å². The molecule has 2 aromatic rings. The van der Waals surface area contributed by atoms with Gasteiger partial charge in [0, 0.05) is 13.0 Å². The molecule has 3 N–H and O–H groups in total. The van der Waals surface area contributed by atoms with E-state index in [0.717, 1.165) is 16.6 Å². The van der Waals surface area contributed by atoms with Crippen LogP contribution in [-0.2, 0) is 16.1 Å². The van der Waals surface area contributed by atoms with Crippen molar-refractivity contribution in [1.29, 1.82) is 0 Å². The predicted octanol–water partition coefficient (Wildman–Crippen LogP) is 1.45. The zero-order valence-corrected chi connectivity index (χ0v) is 12.7. The highest BCUT2D eigenvalue weighted by Crippen LogP contribution is 2.27. The number of aromatic nitrogens is 3. The molecule has 21 heavy (non-hydrogen) atoms. The standard InChI is InChI=1S/C12H14N4O3S2/c13-9(17)4-1-5-16-11(8-3-2-6-20-8)14-15-12(16)21-7-10(18)19/h2-3,6H,1,4-5,7H2,(H2,13,17)(H,18,19). The second-order valence-electron chi connectivity index (χ2n) is 4.19. The van der Waals surface area contributed by atoms with E-state index >= 15 is 0 Å². The van der Waals surface area contributed by atoms with Gasteiger partial charge in [-0.3, -0.25) is 9.59 Å². The van der Waals surface area contributed by atoms with Crippen LogP contribution in [0.2, 0.25) is 0 Å². The number of amides is 1. The monoisotopic (exact) mass is 326 g/mol. The van der Waals surface area contributed by atoms with E-state index in [-0.39, 0.29) is 18.1 Å². The molecule has 0 spiro atoms. The zero-order valence-electron chi connectivity index (χ0n) is 11.1. The minimum absolute atomic E-state index is 0.0849. The van der Waals surface area contributed by atoms with Gasteiger partial charge in [0.1, 0.15) is 0 Å². The Kier molecular flexibility index (Phi) is 5.34. The zero-order chi connectivity index (χ0) is 15.2. The largest absolute Gasteiger partial charge is 0.481 e. The highest BCUT2D eigenvalue weighted by Gasteiger charge is 2.16. The molecule has 112 valence electrons. The number of hydrogen-bond acceptors (Lipinski definition) is 6. The van der Waals surface area contributed by atoms with E-state index in [1.807, 2.05) is 22.1 Å². The fourth-order valence-electron chi connectivity index (χ4n) is 1.72. The van der Waals surface area contributed by atoms with E-state index in [2.05, 4.69) is 10.2 Å². The van der Waals surface area contributed by atoms with E-state index < -0.39 is 5.97 Å². The molecule has 0 saturated heterocycles. The number of hydrogen-bond donors (Lipinski definition) is 2. The van der Waals surface area contributed by atoms with E-state index in [4.69, 9.17) is 10.8 Å². The molecule has 0 fully saturated rings. The Bertz CT molecular complexity index is 624. The molecule has 1 amide bonds. The highest BCUT2D eigenvalue weighted by atomic mass is 32.2. The topological polar surface area (TPSA) is 111 Å². The van der Waals surface area contributed by atoms with Crippen molar-refractivity contribution >= 4 is 35.0 Å². The average molecular weight is 326 g/mol. The fraction of sp³-hybridized carbons (Fsp3) is 0.333. The molecule has 0 saturated carbocycles. The average Bonchev–Trinajstić information content (AvgIpc) is 3.04. The molecule has 0 aliphatic rings. The van der Waals surface area contributed by atoms with E-state index in [1.165, 1.54) is 11.3 Å². The maximum Gasteiger partial charge on any atom is 0.313 e. The third-order valence-corrected chi connectivity index (χ3v) is 4.41. The van der Waals surface area contributed by atoms with Crippen LogP contribution < -0.4 is 5.73 Å². The van der Waals surface area contributed by atoms with Gasteiger partial charge in [-0.2, -0.15) is 0 Å². The van der Waals surface area contributed by atoms with Crippen LogP contribution in [0.1, 0.15) is 12.8 Å². The molecular formula is C12H14N4O3S2. The second-order valence-corrected chi connectivity index (χ2v) is 6.08. The summed E-state index contributed by atoms with van der Waals surface area (Å²) in [4.78, 5) is 22.5. The van der Waals surface area contributed by atoms with Crippen molar-refractivity contribution in [3.8, 4) is 10.7 Å². The first-order valence-electron chi connectivity index (χ1n) is 6.18. The van der Waals surface area contributed by atoms with Gasteiger partial charge in [0.15, 0.2) is 11.0 Å². The van der Waals surface area contributed by atoms with Gasteiger partial charge in [-0.05, 0) is 17.9 Å². The molecular weight excluding hydrogens is 312 g/mol. The number of aliphatic carboxylic acids is 1. The molecule has 9 heteroatoms. The van der Waals surface area contributed by atoms with Gasteiger partial charge in [-0.15, -0.1) is 21.5 Å². The Morgan fingerprint density at radius 3 is 2.86 bits per heavy atom. The number of thioether (sulfide) groups is 1. The molecule has 2 rings (SSSR count). The maximum absolute atomic E-state index is 10.8. The summed E-state index contributed by atoms with van der Waals surface area (Å²) in [6.45, 7) is 0.519. The maximum atomic E-state index is 10.8. The smallest absolute Gasteiger partial charge is 0.313 e.